The van der Waals surface area contributed by atoms with Crippen molar-refractivity contribution in [3.8, 4) is 0 Å². The fourth-order valence-corrected chi connectivity index (χ4v) is 3.30. The Hall–Kier alpha value is -1.65. The maximum absolute atomic E-state index is 11.9. The van der Waals surface area contributed by atoms with Crippen molar-refractivity contribution < 1.29 is 9.53 Å². The van der Waals surface area contributed by atoms with Gasteiger partial charge in [0.2, 0.25) is 5.91 Å². The fraction of sp³-hybridized carbons (Fsp3) is 0.571. The highest BCUT2D eigenvalue weighted by Gasteiger charge is 2.26. The second-order valence-corrected chi connectivity index (χ2v) is 8.27. The van der Waals surface area contributed by atoms with E-state index < -0.39 is 0 Å². The molecule has 25 heavy (non-hydrogen) atoms. The van der Waals surface area contributed by atoms with Crippen molar-refractivity contribution in [2.75, 3.05) is 20.3 Å². The summed E-state index contributed by atoms with van der Waals surface area (Å²) in [7, 11) is 1.70. The molecule has 0 aliphatic heterocycles. The van der Waals surface area contributed by atoms with Gasteiger partial charge in [0, 0.05) is 24.8 Å². The van der Waals surface area contributed by atoms with Gasteiger partial charge in [0.1, 0.15) is 0 Å². The van der Waals surface area contributed by atoms with Crippen LogP contribution in [0.3, 0.4) is 0 Å². The molecule has 0 atom stereocenters. The molecule has 3 N–H and O–H groups in total. The summed E-state index contributed by atoms with van der Waals surface area (Å²) in [4.78, 5) is 11.9. The highest BCUT2D eigenvalue weighted by Crippen LogP contribution is 2.39. The van der Waals surface area contributed by atoms with E-state index in [4.69, 9.17) is 10.5 Å². The zero-order chi connectivity index (χ0) is 18.7. The van der Waals surface area contributed by atoms with Crippen molar-refractivity contribution in [2.45, 2.75) is 52.5 Å². The number of hydrogen-bond acceptors (Lipinski definition) is 3. The normalized spacial score (nSPS) is 17.2. The molecule has 4 nitrogen and oxygen atoms in total. The minimum absolute atomic E-state index is 0.210. The van der Waals surface area contributed by atoms with Gasteiger partial charge in [0.15, 0.2) is 0 Å². The number of hydrogen-bond donors (Lipinski definition) is 2. The molecular formula is C21H32N2O2. The van der Waals surface area contributed by atoms with Gasteiger partial charge in [-0.15, -0.1) is 0 Å². The van der Waals surface area contributed by atoms with Crippen LogP contribution >= 0.6 is 0 Å². The summed E-state index contributed by atoms with van der Waals surface area (Å²) in [5, 5.41) is 3.51. The molecule has 0 heterocycles. The number of amides is 1. The number of allylic oxidation sites excluding steroid dienone is 2. The molecule has 1 aromatic carbocycles. The van der Waals surface area contributed by atoms with Crippen LogP contribution in [0.5, 0.6) is 0 Å². The molecule has 1 aromatic rings. The van der Waals surface area contributed by atoms with Gasteiger partial charge in [-0.1, -0.05) is 26.0 Å². The molecule has 0 spiro atoms. The van der Waals surface area contributed by atoms with E-state index in [1.165, 1.54) is 5.57 Å². The first-order valence-electron chi connectivity index (χ1n) is 9.04. The predicted octanol–water partition coefficient (Wildman–Crippen LogP) is 3.85. The van der Waals surface area contributed by atoms with Crippen LogP contribution in [0.15, 0.2) is 24.3 Å². The molecule has 0 unspecified atom stereocenters. The Morgan fingerprint density at radius 2 is 2.08 bits per heavy atom. The summed E-state index contributed by atoms with van der Waals surface area (Å²) < 4.78 is 5.13. The number of benzene rings is 1. The predicted molar refractivity (Wildman–Crippen MR) is 103 cm³/mol. The molecule has 138 valence electrons. The lowest BCUT2D eigenvalue weighted by molar-refractivity contribution is 0.1000. The third-order valence-electron chi connectivity index (χ3n) is 5.20. The molecule has 0 fully saturated rings. The van der Waals surface area contributed by atoms with Crippen molar-refractivity contribution in [1.29, 1.82) is 0 Å². The largest absolute Gasteiger partial charge is 0.383 e. The number of rotatable bonds is 7. The molecule has 0 saturated carbocycles. The quantitative estimate of drug-likeness (QED) is 0.739. The standard InChI is InChI=1S/C21H32N2O2/c1-20(2)10-8-15(9-11-20)18-14-16(6-7-17(18)19(22)24)21(3,4)23-12-13-25-5/h6-8,14,23H,9-13H2,1-5H3,(H2,22,24). The molecule has 0 saturated heterocycles. The van der Waals surface area contributed by atoms with Gasteiger partial charge in [-0.2, -0.15) is 0 Å². The van der Waals surface area contributed by atoms with Crippen LogP contribution in [-0.4, -0.2) is 26.2 Å². The Morgan fingerprint density at radius 3 is 2.64 bits per heavy atom. The first-order valence-corrected chi connectivity index (χ1v) is 9.04. The van der Waals surface area contributed by atoms with Gasteiger partial charge >= 0.3 is 0 Å². The van der Waals surface area contributed by atoms with E-state index in [9.17, 15) is 4.79 Å². The average molecular weight is 344 g/mol. The minimum atomic E-state index is -0.363. The summed E-state index contributed by atoms with van der Waals surface area (Å²) in [5.74, 6) is -0.363. The Balaban J connectivity index is 2.37. The Morgan fingerprint density at radius 1 is 1.36 bits per heavy atom. The highest BCUT2D eigenvalue weighted by molar-refractivity contribution is 5.98. The number of nitrogens with two attached hydrogens (primary N) is 1. The lowest BCUT2D eigenvalue weighted by atomic mass is 9.76. The summed E-state index contributed by atoms with van der Waals surface area (Å²) in [6, 6.07) is 5.99. The summed E-state index contributed by atoms with van der Waals surface area (Å²) in [6.07, 6.45) is 5.41. The first kappa shape index (κ1) is 19.7. The molecule has 0 aromatic heterocycles. The van der Waals surface area contributed by atoms with Crippen molar-refractivity contribution in [3.05, 3.63) is 41.0 Å². The third-order valence-corrected chi connectivity index (χ3v) is 5.20. The summed E-state index contributed by atoms with van der Waals surface area (Å²) >= 11 is 0. The molecule has 1 amide bonds. The second-order valence-electron chi connectivity index (χ2n) is 8.27. The smallest absolute Gasteiger partial charge is 0.249 e. The van der Waals surface area contributed by atoms with E-state index in [1.54, 1.807) is 7.11 Å². The molecule has 0 radical (unpaired) electrons. The zero-order valence-electron chi connectivity index (χ0n) is 16.2. The number of nitrogens with one attached hydrogen (secondary N) is 1. The lowest BCUT2D eigenvalue weighted by Gasteiger charge is -2.31. The Labute approximate surface area is 151 Å². The monoisotopic (exact) mass is 344 g/mol. The SMILES string of the molecule is COCCNC(C)(C)c1ccc(C(N)=O)c(C2=CCC(C)(C)CC2)c1. The van der Waals surface area contributed by atoms with Crippen LogP contribution in [0.1, 0.15) is 68.4 Å². The topological polar surface area (TPSA) is 64.3 Å². The first-order chi connectivity index (χ1) is 11.7. The van der Waals surface area contributed by atoms with E-state index in [2.05, 4.69) is 45.2 Å². The molecule has 2 rings (SSSR count). The maximum atomic E-state index is 11.9. The molecule has 4 heteroatoms. The van der Waals surface area contributed by atoms with Crippen LogP contribution in [-0.2, 0) is 10.3 Å². The maximum Gasteiger partial charge on any atom is 0.249 e. The Kier molecular flexibility index (Phi) is 6.07. The molecule has 0 bridgehead atoms. The van der Waals surface area contributed by atoms with E-state index >= 15 is 0 Å². The van der Waals surface area contributed by atoms with Crippen LogP contribution in [0.4, 0.5) is 0 Å². The van der Waals surface area contributed by atoms with Gasteiger partial charge in [-0.3, -0.25) is 4.79 Å². The average Bonchev–Trinajstić information content (AvgIpc) is 2.54. The molecule has 1 aliphatic rings. The zero-order valence-corrected chi connectivity index (χ0v) is 16.2. The van der Waals surface area contributed by atoms with Crippen LogP contribution in [0.2, 0.25) is 0 Å². The minimum Gasteiger partial charge on any atom is -0.383 e. The Bertz CT molecular complexity index is 660. The van der Waals surface area contributed by atoms with Crippen LogP contribution in [0.25, 0.3) is 5.57 Å². The van der Waals surface area contributed by atoms with E-state index in [-0.39, 0.29) is 11.4 Å². The van der Waals surface area contributed by atoms with Gasteiger partial charge in [0.05, 0.1) is 6.61 Å². The van der Waals surface area contributed by atoms with Crippen molar-refractivity contribution >= 4 is 11.5 Å². The van der Waals surface area contributed by atoms with Gasteiger partial charge in [-0.25, -0.2) is 0 Å². The number of primary amides is 1. The fourth-order valence-electron chi connectivity index (χ4n) is 3.30. The second kappa shape index (κ2) is 7.71. The number of carbonyl (C=O) groups is 1. The van der Waals surface area contributed by atoms with Gasteiger partial charge < -0.3 is 15.8 Å². The van der Waals surface area contributed by atoms with Gasteiger partial charge in [0.25, 0.3) is 0 Å². The van der Waals surface area contributed by atoms with Crippen LogP contribution < -0.4 is 11.1 Å². The summed E-state index contributed by atoms with van der Waals surface area (Å²) in [6.45, 7) is 10.3. The molecule has 1 aliphatic carbocycles. The van der Waals surface area contributed by atoms with Crippen molar-refractivity contribution in [3.63, 3.8) is 0 Å². The van der Waals surface area contributed by atoms with Gasteiger partial charge in [-0.05, 0) is 67.4 Å². The third kappa shape index (κ3) is 4.93. The van der Waals surface area contributed by atoms with Crippen LogP contribution in [0, 0.1) is 5.41 Å². The van der Waals surface area contributed by atoms with E-state index in [1.807, 2.05) is 12.1 Å². The van der Waals surface area contributed by atoms with E-state index in [0.717, 1.165) is 36.9 Å². The summed E-state index contributed by atoms with van der Waals surface area (Å²) in [5.41, 5.74) is 9.74. The van der Waals surface area contributed by atoms with E-state index in [0.29, 0.717) is 17.6 Å². The number of ether oxygens (including phenoxy) is 1. The highest BCUT2D eigenvalue weighted by atomic mass is 16.5. The number of methoxy groups -OCH3 is 1. The number of carbonyl (C=O) groups excluding carboxylic acids is 1. The lowest BCUT2D eigenvalue weighted by Crippen LogP contribution is -2.38. The van der Waals surface area contributed by atoms with Crippen molar-refractivity contribution in [2.24, 2.45) is 11.1 Å². The van der Waals surface area contributed by atoms with Crippen molar-refractivity contribution in [1.82, 2.24) is 5.32 Å². The molecular weight excluding hydrogens is 312 g/mol.